The van der Waals surface area contributed by atoms with E-state index in [1.165, 1.54) is 23.5 Å². The van der Waals surface area contributed by atoms with E-state index >= 15 is 4.39 Å². The minimum atomic E-state index is -2.72. The lowest BCUT2D eigenvalue weighted by Gasteiger charge is -2.61. The van der Waals surface area contributed by atoms with Gasteiger partial charge in [-0.2, -0.15) is 15.2 Å². The molecule has 5 fully saturated rings. The number of piperidine rings is 2. The van der Waals surface area contributed by atoms with Gasteiger partial charge in [0.15, 0.2) is 10.7 Å². The van der Waals surface area contributed by atoms with Gasteiger partial charge in [0.05, 0.1) is 32.3 Å². The maximum absolute atomic E-state index is 17.2. The van der Waals surface area contributed by atoms with Gasteiger partial charge in [0, 0.05) is 42.0 Å². The van der Waals surface area contributed by atoms with Crippen molar-refractivity contribution < 1.29 is 27.1 Å². The summed E-state index contributed by atoms with van der Waals surface area (Å²) in [5.74, 6) is -2.46. The monoisotopic (exact) mass is 807 g/mol. The fourth-order valence-electron chi connectivity index (χ4n) is 9.80. The molecule has 1 saturated carbocycles. The minimum absolute atomic E-state index is 0.000350. The summed E-state index contributed by atoms with van der Waals surface area (Å²) in [5, 5.41) is 10.2. The summed E-state index contributed by atoms with van der Waals surface area (Å²) in [5.41, 5.74) is 4.48. The Morgan fingerprint density at radius 1 is 1.19 bits per heavy atom. The highest BCUT2D eigenvalue weighted by atomic mass is 35.5. The van der Waals surface area contributed by atoms with Crippen LogP contribution in [0.4, 0.5) is 28.4 Å². The third-order valence-corrected chi connectivity index (χ3v) is 14.0. The van der Waals surface area contributed by atoms with Gasteiger partial charge in [0.1, 0.15) is 34.8 Å². The summed E-state index contributed by atoms with van der Waals surface area (Å²) < 4.78 is 67.7. The lowest BCUT2D eigenvalue weighted by Crippen LogP contribution is -2.76. The van der Waals surface area contributed by atoms with Crippen molar-refractivity contribution in [1.29, 1.82) is 5.26 Å². The second-order valence-corrected chi connectivity index (χ2v) is 17.5. The Morgan fingerprint density at radius 2 is 1.98 bits per heavy atom. The van der Waals surface area contributed by atoms with Crippen LogP contribution in [-0.2, 0) is 4.79 Å². The molecule has 1 spiro atoms. The number of benzene rings is 2. The number of nitrogens with zero attached hydrogens (tertiary/aromatic N) is 6. The number of hydrogen-bond donors (Lipinski definition) is 1. The van der Waals surface area contributed by atoms with Crippen LogP contribution in [0.15, 0.2) is 18.2 Å². The fourth-order valence-corrected chi connectivity index (χ4v) is 11.3. The van der Waals surface area contributed by atoms with Crippen molar-refractivity contribution in [2.24, 2.45) is 11.8 Å². The number of ether oxygens (including phenoxy) is 1. The number of nitrogens with two attached hydrogens (primary N) is 1. The summed E-state index contributed by atoms with van der Waals surface area (Å²) in [6.45, 7) is 1.36. The van der Waals surface area contributed by atoms with Gasteiger partial charge in [-0.25, -0.2) is 17.6 Å². The van der Waals surface area contributed by atoms with Gasteiger partial charge in [-0.3, -0.25) is 9.69 Å². The van der Waals surface area contributed by atoms with Crippen molar-refractivity contribution in [2.75, 3.05) is 43.4 Å². The molecular formula is C36H32Cl3F4N7O2S. The number of alkyl halides is 4. The molecule has 4 aromatic rings. The third-order valence-electron chi connectivity index (χ3n) is 12.3. The molecule has 0 radical (unpaired) electrons. The van der Waals surface area contributed by atoms with Crippen LogP contribution in [0.5, 0.6) is 6.01 Å². The van der Waals surface area contributed by atoms with E-state index in [2.05, 4.69) is 9.88 Å². The molecule has 2 aromatic carbocycles. The van der Waals surface area contributed by atoms with Gasteiger partial charge in [0.2, 0.25) is 6.43 Å². The SMILES string of the molecule is N#Cc1c(N)sc2c(F)ccc(-c3c(Cl)cc4c(N5CCC[C@]6(C5)C(C(F)F)CN6C(=O)C(Cl)Cl)nc(OC[C@@]56CCCN5C5CC5C6)nc4c3F)c12. The number of rotatable bonds is 7. The summed E-state index contributed by atoms with van der Waals surface area (Å²) in [6, 6.07) is 6.45. The number of thiophene rings is 1. The summed E-state index contributed by atoms with van der Waals surface area (Å²) in [4.78, 5) is 26.6. The first-order valence-corrected chi connectivity index (χ1v) is 19.6. The number of aromatic nitrogens is 2. The second-order valence-electron chi connectivity index (χ2n) is 14.9. The molecule has 0 bridgehead atoms. The van der Waals surface area contributed by atoms with Crippen molar-refractivity contribution in [2.45, 2.75) is 66.9 Å². The molecule has 1 aliphatic carbocycles. The number of anilines is 2. The maximum atomic E-state index is 17.2. The van der Waals surface area contributed by atoms with E-state index in [9.17, 15) is 23.2 Å². The van der Waals surface area contributed by atoms with Gasteiger partial charge in [-0.05, 0) is 68.7 Å². The fraction of sp³-hybridized carbons (Fsp3) is 0.500. The van der Waals surface area contributed by atoms with Gasteiger partial charge >= 0.3 is 6.01 Å². The van der Waals surface area contributed by atoms with Crippen LogP contribution in [0.3, 0.4) is 0 Å². The van der Waals surface area contributed by atoms with Crippen LogP contribution >= 0.6 is 46.1 Å². The number of nitrogen functional groups attached to an aromatic ring is 1. The number of amides is 1. The molecule has 4 saturated heterocycles. The molecule has 3 unspecified atom stereocenters. The van der Waals surface area contributed by atoms with Crippen LogP contribution in [0, 0.1) is 34.8 Å². The van der Waals surface area contributed by atoms with Crippen molar-refractivity contribution >= 4 is 83.9 Å². The highest BCUT2D eigenvalue weighted by molar-refractivity contribution is 7.23. The summed E-state index contributed by atoms with van der Waals surface area (Å²) in [6.07, 6.45) is 2.13. The van der Waals surface area contributed by atoms with Gasteiger partial charge in [-0.15, -0.1) is 11.3 Å². The van der Waals surface area contributed by atoms with E-state index in [4.69, 9.17) is 50.3 Å². The largest absolute Gasteiger partial charge is 0.461 e. The number of likely N-dealkylation sites (tertiary alicyclic amines) is 1. The van der Waals surface area contributed by atoms with Crippen molar-refractivity contribution in [3.63, 3.8) is 0 Å². The highest BCUT2D eigenvalue weighted by Gasteiger charge is 2.62. The third kappa shape index (κ3) is 5.28. The molecule has 6 heterocycles. The lowest BCUT2D eigenvalue weighted by molar-refractivity contribution is -0.174. The molecular weight excluding hydrogens is 777 g/mol. The maximum Gasteiger partial charge on any atom is 0.319 e. The van der Waals surface area contributed by atoms with E-state index in [0.717, 1.165) is 43.2 Å². The van der Waals surface area contributed by atoms with E-state index in [0.29, 0.717) is 24.9 Å². The first-order valence-electron chi connectivity index (χ1n) is 17.5. The van der Waals surface area contributed by atoms with Crippen molar-refractivity contribution in [1.82, 2.24) is 19.8 Å². The Bertz CT molecular complexity index is 2260. The van der Waals surface area contributed by atoms with Gasteiger partial charge < -0.3 is 20.3 Å². The van der Waals surface area contributed by atoms with Crippen molar-refractivity contribution in [3.05, 3.63) is 40.4 Å². The number of nitriles is 1. The Balaban J connectivity index is 1.19. The molecule has 5 atom stereocenters. The van der Waals surface area contributed by atoms with Crippen molar-refractivity contribution in [3.8, 4) is 23.2 Å². The smallest absolute Gasteiger partial charge is 0.319 e. The van der Waals surface area contributed by atoms with Crippen LogP contribution < -0.4 is 15.4 Å². The number of halogens is 7. The lowest BCUT2D eigenvalue weighted by atomic mass is 9.69. The Labute approximate surface area is 320 Å². The van der Waals surface area contributed by atoms with Crippen LogP contribution in [0.2, 0.25) is 5.02 Å². The minimum Gasteiger partial charge on any atom is -0.461 e. The van der Waals surface area contributed by atoms with Crippen LogP contribution in [0.25, 0.3) is 32.1 Å². The summed E-state index contributed by atoms with van der Waals surface area (Å²) >= 11 is 19.7. The average Bonchev–Trinajstić information content (AvgIpc) is 3.43. The topological polar surface area (TPSA) is 112 Å². The Kier molecular flexibility index (Phi) is 8.40. The first-order chi connectivity index (χ1) is 25.4. The van der Waals surface area contributed by atoms with E-state index in [-0.39, 0.29) is 91.2 Å². The van der Waals surface area contributed by atoms with E-state index in [1.54, 1.807) is 4.90 Å². The normalized spacial score (nSPS) is 27.9. The Hall–Kier alpha value is -3.35. The van der Waals surface area contributed by atoms with E-state index < -0.39 is 40.3 Å². The molecule has 4 aliphatic heterocycles. The quantitative estimate of drug-likeness (QED) is 0.149. The molecule has 9 nitrogen and oxygen atoms in total. The molecule has 2 N–H and O–H groups in total. The number of carbonyl (C=O) groups is 1. The van der Waals surface area contributed by atoms with E-state index in [1.807, 2.05) is 6.07 Å². The molecule has 9 rings (SSSR count). The Morgan fingerprint density at radius 3 is 2.74 bits per heavy atom. The number of carbonyl (C=O) groups excluding carboxylic acids is 1. The second kappa shape index (κ2) is 12.6. The summed E-state index contributed by atoms with van der Waals surface area (Å²) in [7, 11) is 0. The predicted molar refractivity (Wildman–Crippen MR) is 196 cm³/mol. The molecule has 1 amide bonds. The standard InChI is InChI=1S/C36H32Cl3F4N7O2S/c37-21-10-18-27(26(41)25(21)17-3-4-22(40)28-24(17)19(12-44)31(45)53-28)46-34(52-15-35-5-1-8-49(35)23-9-16(23)11-35)47-32(18)48-7-2-6-36(14-48)20(30(42)43)13-50(36)33(51)29(38)39/h3-4,10,16,20,23,29-30H,1-2,5-9,11,13-15,45H2/t16?,20?,23?,35-,36-/m0/s1. The molecule has 53 heavy (non-hydrogen) atoms. The molecule has 5 aliphatic rings. The molecule has 278 valence electrons. The molecule has 2 aromatic heterocycles. The average molecular weight is 809 g/mol. The van der Waals surface area contributed by atoms with Crippen LogP contribution in [0.1, 0.15) is 44.1 Å². The zero-order valence-corrected chi connectivity index (χ0v) is 31.1. The highest BCUT2D eigenvalue weighted by Crippen LogP contribution is 2.57. The van der Waals surface area contributed by atoms with Gasteiger partial charge in [-0.1, -0.05) is 40.9 Å². The van der Waals surface area contributed by atoms with Gasteiger partial charge in [0.25, 0.3) is 5.91 Å². The number of hydrogen-bond acceptors (Lipinski definition) is 9. The zero-order valence-electron chi connectivity index (χ0n) is 28.0. The zero-order chi connectivity index (χ0) is 37.1. The van der Waals surface area contributed by atoms with Crippen LogP contribution in [-0.4, -0.2) is 86.8 Å². The first kappa shape index (κ1) is 35.4. The molecule has 17 heteroatoms. The number of fused-ring (bicyclic) bond motifs is 5. The predicted octanol–water partition coefficient (Wildman–Crippen LogP) is 7.77.